The van der Waals surface area contributed by atoms with Crippen molar-refractivity contribution < 1.29 is 9.15 Å². The molecule has 0 atom stereocenters. The number of anilines is 1. The van der Waals surface area contributed by atoms with Gasteiger partial charge in [0.25, 0.3) is 0 Å². The molecule has 1 heterocycles. The summed E-state index contributed by atoms with van der Waals surface area (Å²) in [6, 6.07) is 9.58. The lowest BCUT2D eigenvalue weighted by molar-refractivity contribution is 0.302. The van der Waals surface area contributed by atoms with Crippen LogP contribution in [-0.4, -0.2) is 42.7 Å². The number of ether oxygens (including phenoxy) is 1. The Labute approximate surface area is 149 Å². The van der Waals surface area contributed by atoms with Gasteiger partial charge in [-0.05, 0) is 57.2 Å². The molecule has 0 aliphatic carbocycles. The lowest BCUT2D eigenvalue weighted by atomic mass is 10.2. The Balaban J connectivity index is 2.00. The van der Waals surface area contributed by atoms with Crippen LogP contribution in [0, 0.1) is 11.3 Å². The van der Waals surface area contributed by atoms with Crippen molar-refractivity contribution in [2.24, 2.45) is 0 Å². The third-order valence-electron chi connectivity index (χ3n) is 3.98. The summed E-state index contributed by atoms with van der Waals surface area (Å²) >= 11 is 0. The van der Waals surface area contributed by atoms with E-state index >= 15 is 0 Å². The van der Waals surface area contributed by atoms with Crippen molar-refractivity contribution in [3.05, 3.63) is 30.0 Å². The topological polar surface area (TPSA) is 74.3 Å². The van der Waals surface area contributed by atoms with Gasteiger partial charge >= 0.3 is 0 Å². The van der Waals surface area contributed by atoms with Crippen molar-refractivity contribution in [1.82, 2.24) is 9.88 Å². The average molecular weight is 342 g/mol. The Morgan fingerprint density at radius 3 is 2.52 bits per heavy atom. The van der Waals surface area contributed by atoms with E-state index in [0.717, 1.165) is 43.9 Å². The molecule has 0 radical (unpaired) electrons. The van der Waals surface area contributed by atoms with Crippen LogP contribution in [0.5, 0.6) is 5.75 Å². The van der Waals surface area contributed by atoms with E-state index in [1.54, 1.807) is 0 Å². The van der Waals surface area contributed by atoms with Crippen LogP contribution in [0.3, 0.4) is 0 Å². The third kappa shape index (κ3) is 5.23. The summed E-state index contributed by atoms with van der Waals surface area (Å²) in [7, 11) is 0. The standard InChI is InChI=1S/C19H26N4O2/c1-4-23(5-2)13-7-12-21-19-17(14-20)22-18(25-19)15-8-10-16(11-9-15)24-6-3/h8-11,21H,4-7,12-13H2,1-3H3. The maximum Gasteiger partial charge on any atom is 0.232 e. The molecule has 0 saturated heterocycles. The van der Waals surface area contributed by atoms with E-state index in [0.29, 0.717) is 18.4 Å². The van der Waals surface area contributed by atoms with E-state index in [1.807, 2.05) is 31.2 Å². The molecule has 6 nitrogen and oxygen atoms in total. The van der Waals surface area contributed by atoms with E-state index in [9.17, 15) is 5.26 Å². The molecule has 1 aromatic carbocycles. The zero-order valence-corrected chi connectivity index (χ0v) is 15.2. The molecule has 6 heteroatoms. The number of nitriles is 1. The number of nitrogens with one attached hydrogen (secondary N) is 1. The van der Waals surface area contributed by atoms with Gasteiger partial charge in [0.2, 0.25) is 17.5 Å². The Morgan fingerprint density at radius 1 is 1.20 bits per heavy atom. The van der Waals surface area contributed by atoms with Gasteiger partial charge in [-0.25, -0.2) is 0 Å². The van der Waals surface area contributed by atoms with Gasteiger partial charge in [-0.2, -0.15) is 10.2 Å². The molecule has 1 aromatic heterocycles. The first-order valence-corrected chi connectivity index (χ1v) is 8.82. The van der Waals surface area contributed by atoms with Crippen molar-refractivity contribution >= 4 is 5.88 Å². The number of aromatic nitrogens is 1. The monoisotopic (exact) mass is 342 g/mol. The largest absolute Gasteiger partial charge is 0.494 e. The van der Waals surface area contributed by atoms with Crippen LogP contribution >= 0.6 is 0 Å². The Morgan fingerprint density at radius 2 is 1.92 bits per heavy atom. The van der Waals surface area contributed by atoms with Gasteiger partial charge in [-0.15, -0.1) is 0 Å². The smallest absolute Gasteiger partial charge is 0.232 e. The first-order chi connectivity index (χ1) is 12.2. The molecule has 0 bridgehead atoms. The van der Waals surface area contributed by atoms with Gasteiger partial charge in [0.1, 0.15) is 11.8 Å². The predicted octanol–water partition coefficient (Wildman–Crippen LogP) is 3.76. The van der Waals surface area contributed by atoms with Gasteiger partial charge in [0.05, 0.1) is 6.61 Å². The molecular weight excluding hydrogens is 316 g/mol. The SMILES string of the molecule is CCOc1ccc(-c2nc(C#N)c(NCCCN(CC)CC)o2)cc1. The summed E-state index contributed by atoms with van der Waals surface area (Å²) in [5.74, 6) is 1.67. The number of nitrogens with zero attached hydrogens (tertiary/aromatic N) is 3. The fraction of sp³-hybridized carbons (Fsp3) is 0.474. The second kappa shape index (κ2) is 9.70. The van der Waals surface area contributed by atoms with E-state index in [4.69, 9.17) is 9.15 Å². The molecule has 25 heavy (non-hydrogen) atoms. The normalized spacial score (nSPS) is 10.7. The summed E-state index contributed by atoms with van der Waals surface area (Å²) in [6.45, 7) is 10.7. The van der Waals surface area contributed by atoms with Crippen LogP contribution in [0.2, 0.25) is 0 Å². The maximum atomic E-state index is 9.27. The fourth-order valence-corrected chi connectivity index (χ4v) is 2.54. The highest BCUT2D eigenvalue weighted by Gasteiger charge is 2.14. The lowest BCUT2D eigenvalue weighted by Gasteiger charge is -2.17. The average Bonchev–Trinajstić information content (AvgIpc) is 3.06. The molecule has 0 fully saturated rings. The van der Waals surface area contributed by atoms with Gasteiger partial charge in [-0.1, -0.05) is 13.8 Å². The second-order valence-electron chi connectivity index (χ2n) is 5.57. The number of rotatable bonds is 10. The predicted molar refractivity (Wildman–Crippen MR) is 98.7 cm³/mol. The zero-order chi connectivity index (χ0) is 18.1. The van der Waals surface area contributed by atoms with Gasteiger partial charge in [0.15, 0.2) is 0 Å². The number of hydrogen-bond donors (Lipinski definition) is 1. The van der Waals surface area contributed by atoms with Crippen LogP contribution in [0.1, 0.15) is 32.9 Å². The van der Waals surface area contributed by atoms with Crippen LogP contribution in [-0.2, 0) is 0 Å². The van der Waals surface area contributed by atoms with Gasteiger partial charge < -0.3 is 19.4 Å². The Bertz CT molecular complexity index is 684. The molecule has 0 saturated carbocycles. The van der Waals surface area contributed by atoms with Crippen molar-refractivity contribution in [3.8, 4) is 23.3 Å². The first kappa shape index (κ1) is 18.8. The van der Waals surface area contributed by atoms with Crippen LogP contribution in [0.15, 0.2) is 28.7 Å². The molecule has 134 valence electrons. The van der Waals surface area contributed by atoms with Crippen molar-refractivity contribution in [3.63, 3.8) is 0 Å². The van der Waals surface area contributed by atoms with Gasteiger partial charge in [0, 0.05) is 12.1 Å². The summed E-state index contributed by atoms with van der Waals surface area (Å²) in [4.78, 5) is 6.64. The van der Waals surface area contributed by atoms with Crippen LogP contribution in [0.4, 0.5) is 5.88 Å². The van der Waals surface area contributed by atoms with Crippen molar-refractivity contribution in [2.75, 3.05) is 38.1 Å². The Kier molecular flexibility index (Phi) is 7.30. The van der Waals surface area contributed by atoms with Crippen molar-refractivity contribution in [2.45, 2.75) is 27.2 Å². The maximum absolute atomic E-state index is 9.27. The second-order valence-corrected chi connectivity index (χ2v) is 5.57. The molecule has 0 aliphatic rings. The lowest BCUT2D eigenvalue weighted by Crippen LogP contribution is -2.25. The van der Waals surface area contributed by atoms with E-state index in [-0.39, 0.29) is 5.69 Å². The minimum Gasteiger partial charge on any atom is -0.494 e. The summed E-state index contributed by atoms with van der Waals surface area (Å²) in [6.07, 6.45) is 0.978. The molecule has 0 amide bonds. The zero-order valence-electron chi connectivity index (χ0n) is 15.2. The quantitative estimate of drug-likeness (QED) is 0.663. The molecule has 0 unspecified atom stereocenters. The molecule has 0 spiro atoms. The summed E-state index contributed by atoms with van der Waals surface area (Å²) < 4.78 is 11.2. The first-order valence-electron chi connectivity index (χ1n) is 8.82. The molecule has 1 N–H and O–H groups in total. The van der Waals surface area contributed by atoms with Gasteiger partial charge in [-0.3, -0.25) is 0 Å². The Hall–Kier alpha value is -2.52. The van der Waals surface area contributed by atoms with Crippen molar-refractivity contribution in [1.29, 1.82) is 5.26 Å². The highest BCUT2D eigenvalue weighted by Crippen LogP contribution is 2.26. The number of oxazole rings is 1. The summed E-state index contributed by atoms with van der Waals surface area (Å²) in [5.41, 5.74) is 1.10. The number of hydrogen-bond acceptors (Lipinski definition) is 6. The third-order valence-corrected chi connectivity index (χ3v) is 3.98. The minimum atomic E-state index is 0.284. The molecule has 0 aliphatic heterocycles. The van der Waals surface area contributed by atoms with Crippen LogP contribution < -0.4 is 10.1 Å². The highest BCUT2D eigenvalue weighted by atomic mass is 16.5. The van der Waals surface area contributed by atoms with E-state index in [1.165, 1.54) is 0 Å². The van der Waals surface area contributed by atoms with Crippen LogP contribution in [0.25, 0.3) is 11.5 Å². The minimum absolute atomic E-state index is 0.284. The highest BCUT2D eigenvalue weighted by molar-refractivity contribution is 5.59. The fourth-order valence-electron chi connectivity index (χ4n) is 2.54. The number of benzene rings is 1. The molecule has 2 rings (SSSR count). The molecular formula is C19H26N4O2. The van der Waals surface area contributed by atoms with E-state index in [2.05, 4.69) is 35.1 Å². The summed E-state index contributed by atoms with van der Waals surface area (Å²) in [5, 5.41) is 12.5. The molecule has 2 aromatic rings. The van der Waals surface area contributed by atoms with E-state index < -0.39 is 0 Å².